The number of halogens is 2. The number of rotatable bonds is 5. The van der Waals surface area contributed by atoms with E-state index in [1.807, 2.05) is 0 Å². The largest absolute Gasteiger partial charge is 0.466 e. The highest BCUT2D eigenvalue weighted by atomic mass is 79.9. The Labute approximate surface area is 102 Å². The first-order chi connectivity index (χ1) is 7.63. The highest BCUT2D eigenvalue weighted by Crippen LogP contribution is 2.19. The second kappa shape index (κ2) is 6.48. The molecule has 0 aliphatic heterocycles. The molecule has 0 bridgehead atoms. The Bertz CT molecular complexity index is 371. The van der Waals surface area contributed by atoms with Gasteiger partial charge in [0.05, 0.1) is 17.5 Å². The maximum atomic E-state index is 13.1. The molecule has 0 unspecified atom stereocenters. The zero-order valence-corrected chi connectivity index (χ0v) is 10.5. The molecule has 0 amide bonds. The van der Waals surface area contributed by atoms with Gasteiger partial charge in [-0.05, 0) is 41.1 Å². The lowest BCUT2D eigenvalue weighted by Crippen LogP contribution is -2.11. The molecule has 0 saturated carbocycles. The van der Waals surface area contributed by atoms with Crippen molar-refractivity contribution in [2.24, 2.45) is 0 Å². The molecule has 0 heterocycles. The van der Waals surface area contributed by atoms with Gasteiger partial charge >= 0.3 is 5.97 Å². The van der Waals surface area contributed by atoms with Crippen molar-refractivity contribution in [3.8, 4) is 0 Å². The molecule has 0 atom stereocenters. The summed E-state index contributed by atoms with van der Waals surface area (Å²) in [6.45, 7) is 2.57. The Morgan fingerprint density at radius 1 is 1.56 bits per heavy atom. The summed E-state index contributed by atoms with van der Waals surface area (Å²) in [4.78, 5) is 11.0. The van der Waals surface area contributed by atoms with E-state index in [0.717, 1.165) is 0 Å². The van der Waals surface area contributed by atoms with E-state index in [0.29, 0.717) is 23.3 Å². The van der Waals surface area contributed by atoms with Crippen LogP contribution in [0.15, 0.2) is 22.7 Å². The Morgan fingerprint density at radius 3 is 2.94 bits per heavy atom. The maximum absolute atomic E-state index is 13.1. The van der Waals surface area contributed by atoms with Crippen LogP contribution in [0.25, 0.3) is 0 Å². The van der Waals surface area contributed by atoms with Crippen LogP contribution in [0.5, 0.6) is 0 Å². The number of ether oxygens (including phenoxy) is 1. The third kappa shape index (κ3) is 4.18. The van der Waals surface area contributed by atoms with E-state index in [1.54, 1.807) is 19.1 Å². The van der Waals surface area contributed by atoms with Crippen LogP contribution in [0.2, 0.25) is 0 Å². The normalized spacial score (nSPS) is 9.94. The predicted octanol–water partition coefficient (Wildman–Crippen LogP) is 2.95. The summed E-state index contributed by atoms with van der Waals surface area (Å²) in [6, 6.07) is 4.72. The summed E-state index contributed by atoms with van der Waals surface area (Å²) < 4.78 is 18.3. The van der Waals surface area contributed by atoms with E-state index >= 15 is 0 Å². The molecule has 0 aromatic heterocycles. The monoisotopic (exact) mass is 289 g/mol. The van der Waals surface area contributed by atoms with E-state index in [9.17, 15) is 9.18 Å². The fraction of sp³-hybridized carbons (Fsp3) is 0.364. The van der Waals surface area contributed by atoms with Crippen LogP contribution in [-0.2, 0) is 9.53 Å². The van der Waals surface area contributed by atoms with Crippen LogP contribution in [0, 0.1) is 5.82 Å². The van der Waals surface area contributed by atoms with E-state index in [4.69, 9.17) is 4.74 Å². The molecule has 5 heteroatoms. The lowest BCUT2D eigenvalue weighted by Gasteiger charge is -2.06. The summed E-state index contributed by atoms with van der Waals surface area (Å²) >= 11 is 3.06. The number of hydrogen-bond donors (Lipinski definition) is 1. The second-order valence-electron chi connectivity index (χ2n) is 3.11. The SMILES string of the molecule is CCOC(=O)CCNc1ccc(Br)c(F)c1. The quantitative estimate of drug-likeness (QED) is 0.847. The standard InChI is InChI=1S/C11H13BrFNO2/c1-2-16-11(15)5-6-14-8-3-4-9(12)10(13)7-8/h3-4,7,14H,2,5-6H2,1H3. The fourth-order valence-electron chi connectivity index (χ4n) is 1.15. The van der Waals surface area contributed by atoms with Gasteiger partial charge in [0.25, 0.3) is 0 Å². The molecule has 88 valence electrons. The van der Waals surface area contributed by atoms with Gasteiger partial charge in [-0.25, -0.2) is 4.39 Å². The molecule has 16 heavy (non-hydrogen) atoms. The average Bonchev–Trinajstić information content (AvgIpc) is 2.24. The minimum atomic E-state index is -0.332. The number of esters is 1. The molecule has 1 aromatic rings. The van der Waals surface area contributed by atoms with Crippen molar-refractivity contribution in [2.75, 3.05) is 18.5 Å². The number of carbonyl (C=O) groups is 1. The van der Waals surface area contributed by atoms with Crippen molar-refractivity contribution in [1.29, 1.82) is 0 Å². The Balaban J connectivity index is 2.37. The van der Waals surface area contributed by atoms with Gasteiger partial charge in [0, 0.05) is 12.2 Å². The zero-order chi connectivity index (χ0) is 12.0. The van der Waals surface area contributed by atoms with Gasteiger partial charge in [0.15, 0.2) is 0 Å². The molecular weight excluding hydrogens is 277 g/mol. The summed E-state index contributed by atoms with van der Waals surface area (Å²) in [5, 5.41) is 2.94. The van der Waals surface area contributed by atoms with Crippen LogP contribution in [0.1, 0.15) is 13.3 Å². The average molecular weight is 290 g/mol. The summed E-state index contributed by atoms with van der Waals surface area (Å²) in [5.41, 5.74) is 0.644. The topological polar surface area (TPSA) is 38.3 Å². The van der Waals surface area contributed by atoms with E-state index < -0.39 is 0 Å². The number of benzene rings is 1. The molecule has 0 radical (unpaired) electrons. The lowest BCUT2D eigenvalue weighted by atomic mass is 10.3. The highest BCUT2D eigenvalue weighted by Gasteiger charge is 2.02. The van der Waals surface area contributed by atoms with Gasteiger partial charge in [0.1, 0.15) is 5.82 Å². The van der Waals surface area contributed by atoms with E-state index in [2.05, 4.69) is 21.2 Å². The molecule has 0 fully saturated rings. The second-order valence-corrected chi connectivity index (χ2v) is 3.97. The van der Waals surface area contributed by atoms with Gasteiger partial charge in [-0.3, -0.25) is 4.79 Å². The predicted molar refractivity (Wildman–Crippen MR) is 63.8 cm³/mol. The number of nitrogens with one attached hydrogen (secondary N) is 1. The summed E-state index contributed by atoms with van der Waals surface area (Å²) in [6.07, 6.45) is 0.269. The first-order valence-electron chi connectivity index (χ1n) is 4.98. The molecular formula is C11H13BrFNO2. The minimum absolute atomic E-state index is 0.257. The van der Waals surface area contributed by atoms with Gasteiger partial charge in [0.2, 0.25) is 0 Å². The van der Waals surface area contributed by atoms with Crippen molar-refractivity contribution < 1.29 is 13.9 Å². The van der Waals surface area contributed by atoms with E-state index in [-0.39, 0.29) is 18.2 Å². The zero-order valence-electron chi connectivity index (χ0n) is 8.93. The Hall–Kier alpha value is -1.10. The Kier molecular flexibility index (Phi) is 5.25. The first kappa shape index (κ1) is 13.0. The lowest BCUT2D eigenvalue weighted by molar-refractivity contribution is -0.142. The fourth-order valence-corrected chi connectivity index (χ4v) is 1.39. The van der Waals surface area contributed by atoms with Crippen molar-refractivity contribution in [1.82, 2.24) is 0 Å². The third-order valence-corrected chi connectivity index (χ3v) is 2.53. The van der Waals surface area contributed by atoms with Crippen LogP contribution < -0.4 is 5.32 Å². The van der Waals surface area contributed by atoms with Crippen molar-refractivity contribution in [3.63, 3.8) is 0 Å². The third-order valence-electron chi connectivity index (χ3n) is 1.88. The van der Waals surface area contributed by atoms with Gasteiger partial charge in [-0.15, -0.1) is 0 Å². The van der Waals surface area contributed by atoms with Crippen LogP contribution in [0.3, 0.4) is 0 Å². The first-order valence-corrected chi connectivity index (χ1v) is 5.77. The van der Waals surface area contributed by atoms with Crippen LogP contribution in [0.4, 0.5) is 10.1 Å². The molecule has 0 aliphatic carbocycles. The maximum Gasteiger partial charge on any atom is 0.307 e. The van der Waals surface area contributed by atoms with Crippen molar-refractivity contribution in [3.05, 3.63) is 28.5 Å². The number of hydrogen-bond acceptors (Lipinski definition) is 3. The Morgan fingerprint density at radius 2 is 2.31 bits per heavy atom. The molecule has 0 saturated heterocycles. The molecule has 3 nitrogen and oxygen atoms in total. The van der Waals surface area contributed by atoms with Gasteiger partial charge in [-0.1, -0.05) is 0 Å². The molecule has 0 spiro atoms. The van der Waals surface area contributed by atoms with Crippen molar-refractivity contribution in [2.45, 2.75) is 13.3 Å². The summed E-state index contributed by atoms with van der Waals surface area (Å²) in [5.74, 6) is -0.589. The summed E-state index contributed by atoms with van der Waals surface area (Å²) in [7, 11) is 0. The minimum Gasteiger partial charge on any atom is -0.466 e. The van der Waals surface area contributed by atoms with Gasteiger partial charge < -0.3 is 10.1 Å². The highest BCUT2D eigenvalue weighted by molar-refractivity contribution is 9.10. The number of anilines is 1. The molecule has 1 N–H and O–H groups in total. The van der Waals surface area contributed by atoms with Crippen molar-refractivity contribution >= 4 is 27.6 Å². The molecule has 1 aromatic carbocycles. The molecule has 0 aliphatic rings. The van der Waals surface area contributed by atoms with Crippen LogP contribution in [-0.4, -0.2) is 19.1 Å². The van der Waals surface area contributed by atoms with Crippen LogP contribution >= 0.6 is 15.9 Å². The van der Waals surface area contributed by atoms with E-state index in [1.165, 1.54) is 6.07 Å². The molecule has 1 rings (SSSR count). The number of carbonyl (C=O) groups excluding carboxylic acids is 1. The van der Waals surface area contributed by atoms with Gasteiger partial charge in [-0.2, -0.15) is 0 Å². The smallest absolute Gasteiger partial charge is 0.307 e.